The van der Waals surface area contributed by atoms with Crippen molar-refractivity contribution < 1.29 is 4.79 Å². The number of ketones is 1. The SMILES string of the molecule is CC(C)(C)n1cnc2c(=O)[nH]cnc21.CC(C)(C)n1cnc2c1N=CCC2=O.CC1=Nc2ccc(C)cc2C1.Cc1ccc2nc(C)[nH]c2c1. The van der Waals surface area contributed by atoms with Gasteiger partial charge in [-0.15, -0.1) is 0 Å². The molecule has 2 N–H and O–H groups in total. The predicted octanol–water partition coefficient (Wildman–Crippen LogP) is 7.62. The van der Waals surface area contributed by atoms with Gasteiger partial charge >= 0.3 is 0 Å². The van der Waals surface area contributed by atoms with E-state index < -0.39 is 0 Å². The van der Waals surface area contributed by atoms with Gasteiger partial charge in [-0.25, -0.2) is 24.9 Å². The molecule has 12 nitrogen and oxygen atoms in total. The van der Waals surface area contributed by atoms with E-state index in [0.29, 0.717) is 29.1 Å². The number of nitrogens with one attached hydrogen (secondary N) is 2. The lowest BCUT2D eigenvalue weighted by Gasteiger charge is -2.22. The van der Waals surface area contributed by atoms with Gasteiger partial charge in [-0.2, -0.15) is 0 Å². The first kappa shape index (κ1) is 35.8. The van der Waals surface area contributed by atoms with Crippen LogP contribution < -0.4 is 5.56 Å². The summed E-state index contributed by atoms with van der Waals surface area (Å²) in [7, 11) is 0. The normalized spacial score (nSPS) is 13.4. The van der Waals surface area contributed by atoms with Gasteiger partial charge in [0, 0.05) is 35.8 Å². The van der Waals surface area contributed by atoms with Crippen LogP contribution in [-0.4, -0.2) is 56.7 Å². The van der Waals surface area contributed by atoms with Crippen LogP contribution in [0.15, 0.2) is 70.2 Å². The Morgan fingerprint density at radius 2 is 1.48 bits per heavy atom. The molecular formula is C38H46N10O2. The summed E-state index contributed by atoms with van der Waals surface area (Å²) < 4.78 is 3.81. The maximum absolute atomic E-state index is 11.5. The van der Waals surface area contributed by atoms with E-state index in [4.69, 9.17) is 0 Å². The van der Waals surface area contributed by atoms with Crippen LogP contribution >= 0.6 is 0 Å². The van der Waals surface area contributed by atoms with Crippen molar-refractivity contribution in [1.29, 1.82) is 0 Å². The molecule has 0 unspecified atom stereocenters. The highest BCUT2D eigenvalue weighted by molar-refractivity contribution is 6.08. The van der Waals surface area contributed by atoms with E-state index in [1.165, 1.54) is 28.7 Å². The van der Waals surface area contributed by atoms with Crippen LogP contribution in [0, 0.1) is 20.8 Å². The standard InChI is InChI=1S/C10H13N3O.C10H11N.C9H12N4O.C9H10N2/c1-10(2,3)13-6-12-8-7(14)4-5-11-9(8)13;1-7-3-4-10-9(5-7)6-8(2)11-10;1-9(2,3)13-5-12-6-7(13)10-4-11-8(6)14;1-6-3-4-8-9(5-6)11-7(2)10-8/h5-6H,4H2,1-3H3;3-5H,6H2,1-2H3;4-5H,1-3H3,(H,10,11,14);3-5H,1-2H3,(H,10,11). The first-order valence-electron chi connectivity index (χ1n) is 16.6. The second-order valence-corrected chi connectivity index (χ2v) is 14.6. The summed E-state index contributed by atoms with van der Waals surface area (Å²) in [5.41, 5.74) is 9.65. The largest absolute Gasteiger partial charge is 0.342 e. The predicted molar refractivity (Wildman–Crippen MR) is 201 cm³/mol. The summed E-state index contributed by atoms with van der Waals surface area (Å²) in [6.45, 7) is 20.5. The molecule has 6 heterocycles. The van der Waals surface area contributed by atoms with Gasteiger partial charge in [0.1, 0.15) is 5.82 Å². The Labute approximate surface area is 291 Å². The molecule has 0 radical (unpaired) electrons. The topological polar surface area (TPSA) is 152 Å². The minimum absolute atomic E-state index is 0.0537. The van der Waals surface area contributed by atoms with Crippen LogP contribution in [0.1, 0.15) is 87.9 Å². The van der Waals surface area contributed by atoms with Crippen molar-refractivity contribution in [3.63, 3.8) is 0 Å². The van der Waals surface area contributed by atoms with Gasteiger partial charge in [0.05, 0.1) is 35.7 Å². The van der Waals surface area contributed by atoms with E-state index in [2.05, 4.69) is 112 Å². The van der Waals surface area contributed by atoms with Gasteiger partial charge in [0.25, 0.3) is 5.56 Å². The summed E-state index contributed by atoms with van der Waals surface area (Å²) in [4.78, 5) is 53.7. The van der Waals surface area contributed by atoms with Crippen LogP contribution in [-0.2, 0) is 17.5 Å². The van der Waals surface area contributed by atoms with Crippen LogP contribution in [0.4, 0.5) is 11.5 Å². The molecule has 0 amide bonds. The number of hydrogen-bond acceptors (Lipinski definition) is 8. The number of aryl methyl sites for hydroxylation is 3. The number of imidazole rings is 3. The summed E-state index contributed by atoms with van der Waals surface area (Å²) in [5.74, 6) is 1.72. The second kappa shape index (κ2) is 14.1. The molecule has 0 saturated carbocycles. The van der Waals surface area contributed by atoms with E-state index in [0.717, 1.165) is 29.0 Å². The first-order chi connectivity index (χ1) is 23.5. The van der Waals surface area contributed by atoms with E-state index in [9.17, 15) is 9.59 Å². The molecule has 0 aliphatic carbocycles. The number of benzene rings is 2. The van der Waals surface area contributed by atoms with Crippen molar-refractivity contribution in [2.24, 2.45) is 9.98 Å². The van der Waals surface area contributed by atoms with E-state index in [1.54, 1.807) is 18.9 Å². The maximum atomic E-state index is 11.5. The average molecular weight is 675 g/mol. The number of rotatable bonds is 0. The number of aromatic amines is 2. The fourth-order valence-electron chi connectivity index (χ4n) is 5.54. The number of H-pyrrole nitrogens is 2. The molecule has 0 bridgehead atoms. The molecule has 8 rings (SSSR count). The van der Waals surface area contributed by atoms with Gasteiger partial charge in [0.2, 0.25) is 0 Å². The number of fused-ring (bicyclic) bond motifs is 4. The summed E-state index contributed by atoms with van der Waals surface area (Å²) in [6, 6.07) is 12.6. The second-order valence-electron chi connectivity index (χ2n) is 14.6. The molecule has 4 aromatic heterocycles. The molecule has 0 atom stereocenters. The Morgan fingerprint density at radius 3 is 2.20 bits per heavy atom. The average Bonchev–Trinajstić information content (AvgIpc) is 3.81. The van der Waals surface area contributed by atoms with E-state index >= 15 is 0 Å². The summed E-state index contributed by atoms with van der Waals surface area (Å²) in [5, 5.41) is 0. The third kappa shape index (κ3) is 8.19. The van der Waals surface area contributed by atoms with Crippen molar-refractivity contribution in [3.8, 4) is 0 Å². The molecular weight excluding hydrogens is 628 g/mol. The summed E-state index contributed by atoms with van der Waals surface area (Å²) in [6.07, 6.45) is 7.78. The minimum Gasteiger partial charge on any atom is -0.342 e. The van der Waals surface area contributed by atoms with Gasteiger partial charge in [0.15, 0.2) is 28.5 Å². The molecule has 12 heteroatoms. The fourth-order valence-corrected chi connectivity index (χ4v) is 5.54. The lowest BCUT2D eigenvalue weighted by Crippen LogP contribution is -2.21. The zero-order chi connectivity index (χ0) is 36.4. The Kier molecular flexibility index (Phi) is 10.1. The molecule has 6 aromatic rings. The van der Waals surface area contributed by atoms with Crippen molar-refractivity contribution in [3.05, 3.63) is 93.9 Å². The Balaban J connectivity index is 0.000000130. The van der Waals surface area contributed by atoms with E-state index in [1.807, 2.05) is 42.9 Å². The molecule has 2 aliphatic rings. The van der Waals surface area contributed by atoms with Crippen molar-refractivity contribution >= 4 is 51.4 Å². The Hall–Kier alpha value is -5.52. The smallest absolute Gasteiger partial charge is 0.278 e. The van der Waals surface area contributed by atoms with Crippen LogP contribution in [0.25, 0.3) is 22.2 Å². The number of nitrogens with zero attached hydrogens (tertiary/aromatic N) is 8. The highest BCUT2D eigenvalue weighted by Gasteiger charge is 2.25. The third-order valence-electron chi connectivity index (χ3n) is 8.03. The molecule has 2 aliphatic heterocycles. The monoisotopic (exact) mass is 674 g/mol. The minimum atomic E-state index is -0.196. The number of carbonyl (C=O) groups is 1. The van der Waals surface area contributed by atoms with Crippen molar-refractivity contribution in [1.82, 2.24) is 39.0 Å². The number of Topliss-reactive ketones (excluding diaryl/α,β-unsaturated/α-hetero) is 1. The fraction of sp³-hybridized carbons (Fsp3) is 0.368. The maximum Gasteiger partial charge on any atom is 0.278 e. The van der Waals surface area contributed by atoms with Gasteiger partial charge < -0.3 is 19.1 Å². The Morgan fingerprint density at radius 1 is 0.800 bits per heavy atom. The van der Waals surface area contributed by atoms with Gasteiger partial charge in [-0.3, -0.25) is 14.6 Å². The molecule has 2 aromatic carbocycles. The number of aliphatic imine (C=N–C) groups is 2. The molecule has 0 spiro atoms. The Bertz CT molecular complexity index is 2280. The number of hydrogen-bond donors (Lipinski definition) is 2. The lowest BCUT2D eigenvalue weighted by molar-refractivity contribution is 0.0996. The molecule has 0 saturated heterocycles. The quantitative estimate of drug-likeness (QED) is 0.169. The first-order valence-corrected chi connectivity index (χ1v) is 16.6. The molecule has 50 heavy (non-hydrogen) atoms. The molecule has 0 fully saturated rings. The highest BCUT2D eigenvalue weighted by Crippen LogP contribution is 2.29. The lowest BCUT2D eigenvalue weighted by atomic mass is 10.1. The zero-order valence-electron chi connectivity index (χ0n) is 30.6. The number of aromatic nitrogens is 8. The van der Waals surface area contributed by atoms with Crippen molar-refractivity contribution in [2.45, 2.75) is 93.2 Å². The van der Waals surface area contributed by atoms with Crippen LogP contribution in [0.5, 0.6) is 0 Å². The zero-order valence-corrected chi connectivity index (χ0v) is 30.6. The summed E-state index contributed by atoms with van der Waals surface area (Å²) >= 11 is 0. The van der Waals surface area contributed by atoms with Crippen LogP contribution in [0.3, 0.4) is 0 Å². The van der Waals surface area contributed by atoms with E-state index in [-0.39, 0.29) is 22.4 Å². The van der Waals surface area contributed by atoms with Crippen molar-refractivity contribution in [2.75, 3.05) is 0 Å². The van der Waals surface area contributed by atoms with Crippen LogP contribution in [0.2, 0.25) is 0 Å². The highest BCUT2D eigenvalue weighted by atomic mass is 16.1. The van der Waals surface area contributed by atoms with Gasteiger partial charge in [-0.1, -0.05) is 23.8 Å². The number of carbonyl (C=O) groups excluding carboxylic acids is 1. The van der Waals surface area contributed by atoms with Gasteiger partial charge in [-0.05, 0) is 98.6 Å². The molecule has 260 valence electrons. The third-order valence-corrected chi connectivity index (χ3v) is 8.03.